The molecular formula is C25H28N6O4S. The molecule has 0 aliphatic heterocycles. The van der Waals surface area contributed by atoms with Crippen molar-refractivity contribution in [3.05, 3.63) is 52.8 Å². The zero-order chi connectivity index (χ0) is 26.4. The molecule has 1 N–H and O–H groups in total. The first kappa shape index (κ1) is 26.6. The van der Waals surface area contributed by atoms with Crippen molar-refractivity contribution in [2.24, 2.45) is 7.05 Å². The smallest absolute Gasteiger partial charge is 0.350 e. The topological polar surface area (TPSA) is 130 Å². The first-order valence-electron chi connectivity index (χ1n) is 11.3. The van der Waals surface area contributed by atoms with Gasteiger partial charge in [-0.05, 0) is 38.5 Å². The second-order valence-corrected chi connectivity index (χ2v) is 9.52. The third-order valence-electron chi connectivity index (χ3n) is 5.23. The molecule has 0 radical (unpaired) electrons. The van der Waals surface area contributed by atoms with E-state index in [4.69, 9.17) is 4.74 Å². The first-order valence-corrected chi connectivity index (χ1v) is 12.1. The molecule has 188 valence electrons. The minimum absolute atomic E-state index is 0.0452. The number of nitrogens with one attached hydrogen (secondary N) is 1. The van der Waals surface area contributed by atoms with Crippen molar-refractivity contribution in [2.45, 2.75) is 45.8 Å². The molecule has 1 aromatic carbocycles. The number of aryl methyl sites for hydroxylation is 2. The van der Waals surface area contributed by atoms with Crippen LogP contribution >= 0.6 is 11.3 Å². The Kier molecular flexibility index (Phi) is 8.55. The number of carbonyl (C=O) groups excluding carboxylic acids is 3. The average molecular weight is 509 g/mol. The molecule has 0 fully saturated rings. The Hall–Kier alpha value is -4.04. The van der Waals surface area contributed by atoms with Crippen LogP contribution in [-0.2, 0) is 16.6 Å². The van der Waals surface area contributed by atoms with E-state index in [9.17, 15) is 19.6 Å². The minimum atomic E-state index is -0.703. The number of amides is 2. The lowest BCUT2D eigenvalue weighted by molar-refractivity contribution is -0.118. The van der Waals surface area contributed by atoms with Crippen molar-refractivity contribution < 1.29 is 19.1 Å². The summed E-state index contributed by atoms with van der Waals surface area (Å²) < 4.78 is 6.90. The highest BCUT2D eigenvalue weighted by atomic mass is 32.1. The molecule has 36 heavy (non-hydrogen) atoms. The zero-order valence-electron chi connectivity index (χ0n) is 20.8. The highest BCUT2D eigenvalue weighted by Gasteiger charge is 2.25. The average Bonchev–Trinajstić information content (AvgIpc) is 3.44. The second-order valence-electron chi connectivity index (χ2n) is 8.54. The van der Waals surface area contributed by atoms with Crippen LogP contribution in [0.25, 0.3) is 11.1 Å². The van der Waals surface area contributed by atoms with E-state index < -0.39 is 12.0 Å². The summed E-state index contributed by atoms with van der Waals surface area (Å²) in [5.41, 5.74) is 2.57. The van der Waals surface area contributed by atoms with Gasteiger partial charge in [-0.1, -0.05) is 23.5 Å². The summed E-state index contributed by atoms with van der Waals surface area (Å²) in [7, 11) is 3.35. The number of thiazole rings is 1. The van der Waals surface area contributed by atoms with Gasteiger partial charge in [-0.2, -0.15) is 10.4 Å². The van der Waals surface area contributed by atoms with Crippen LogP contribution in [0.4, 0.5) is 5.13 Å². The van der Waals surface area contributed by atoms with Crippen LogP contribution in [-0.4, -0.2) is 51.7 Å². The Morgan fingerprint density at radius 1 is 1.28 bits per heavy atom. The molecule has 2 heterocycles. The van der Waals surface area contributed by atoms with Gasteiger partial charge in [0.25, 0.3) is 5.91 Å². The van der Waals surface area contributed by atoms with Gasteiger partial charge in [0.2, 0.25) is 5.91 Å². The maximum atomic E-state index is 13.0. The van der Waals surface area contributed by atoms with Gasteiger partial charge in [-0.25, -0.2) is 9.78 Å². The Morgan fingerprint density at radius 3 is 2.67 bits per heavy atom. The van der Waals surface area contributed by atoms with E-state index in [2.05, 4.69) is 15.4 Å². The standard InChI is InChI=1S/C25H28N6O4S/c1-15(2)35-24(34)22-16(3)28-25(36-22)31(5)21(32)12-20(9-10-26)29-23(33)18-8-6-7-17(11-18)19-13-27-30(4)14-19/h6-8,11,13-15,20H,9,12H2,1-5H3,(H,29,33)/t20-/m1/s1. The lowest BCUT2D eigenvalue weighted by Crippen LogP contribution is -2.39. The van der Waals surface area contributed by atoms with Crippen molar-refractivity contribution in [3.8, 4) is 17.2 Å². The van der Waals surface area contributed by atoms with E-state index in [1.807, 2.05) is 25.4 Å². The molecule has 1 atom stereocenters. The number of anilines is 1. The van der Waals surface area contributed by atoms with E-state index in [-0.39, 0.29) is 30.8 Å². The quantitative estimate of drug-likeness (QED) is 0.438. The largest absolute Gasteiger partial charge is 0.459 e. The van der Waals surface area contributed by atoms with Crippen LogP contribution in [0.15, 0.2) is 36.7 Å². The SMILES string of the molecule is Cc1nc(N(C)C(=O)C[C@@H](CC#N)NC(=O)c2cccc(-c3cnn(C)c3)c2)sc1C(=O)OC(C)C. The number of hydrogen-bond donors (Lipinski definition) is 1. The molecule has 0 aliphatic rings. The number of esters is 1. The fourth-order valence-corrected chi connectivity index (χ4v) is 4.33. The highest BCUT2D eigenvalue weighted by molar-refractivity contribution is 7.17. The van der Waals surface area contributed by atoms with Crippen LogP contribution in [0.5, 0.6) is 0 Å². The fraction of sp³-hybridized carbons (Fsp3) is 0.360. The van der Waals surface area contributed by atoms with Gasteiger partial charge in [-0.15, -0.1) is 0 Å². The van der Waals surface area contributed by atoms with Crippen molar-refractivity contribution in [1.82, 2.24) is 20.1 Å². The Labute approximate surface area is 213 Å². The normalized spacial score (nSPS) is 11.6. The van der Waals surface area contributed by atoms with Crippen molar-refractivity contribution >= 4 is 34.3 Å². The summed E-state index contributed by atoms with van der Waals surface area (Å²) in [6, 6.07) is 8.37. The number of nitrogens with zero attached hydrogens (tertiary/aromatic N) is 5. The Balaban J connectivity index is 1.69. The molecule has 10 nitrogen and oxygen atoms in total. The lowest BCUT2D eigenvalue weighted by atomic mass is 10.0. The molecule has 0 spiro atoms. The fourth-order valence-electron chi connectivity index (χ4n) is 3.40. The van der Waals surface area contributed by atoms with E-state index in [1.54, 1.807) is 56.9 Å². The molecule has 3 aromatic rings. The number of hydrogen-bond acceptors (Lipinski definition) is 8. The van der Waals surface area contributed by atoms with Gasteiger partial charge >= 0.3 is 5.97 Å². The number of benzene rings is 1. The van der Waals surface area contributed by atoms with Crippen LogP contribution in [0.1, 0.15) is 52.4 Å². The Morgan fingerprint density at radius 2 is 2.03 bits per heavy atom. The van der Waals surface area contributed by atoms with E-state index in [0.717, 1.165) is 22.5 Å². The van der Waals surface area contributed by atoms with Gasteiger partial charge in [0.05, 0.1) is 36.5 Å². The highest BCUT2D eigenvalue weighted by Crippen LogP contribution is 2.27. The summed E-state index contributed by atoms with van der Waals surface area (Å²) in [4.78, 5) is 44.1. The monoisotopic (exact) mass is 508 g/mol. The van der Waals surface area contributed by atoms with Gasteiger partial charge < -0.3 is 10.1 Å². The molecule has 0 saturated heterocycles. The predicted molar refractivity (Wildman–Crippen MR) is 136 cm³/mol. The molecule has 11 heteroatoms. The maximum Gasteiger partial charge on any atom is 0.350 e. The van der Waals surface area contributed by atoms with Crippen molar-refractivity contribution in [2.75, 3.05) is 11.9 Å². The number of rotatable bonds is 9. The summed E-state index contributed by atoms with van der Waals surface area (Å²) >= 11 is 1.06. The molecule has 0 bridgehead atoms. The van der Waals surface area contributed by atoms with E-state index >= 15 is 0 Å². The second kappa shape index (κ2) is 11.6. The number of aromatic nitrogens is 3. The molecular weight excluding hydrogens is 480 g/mol. The molecule has 0 unspecified atom stereocenters. The number of ether oxygens (including phenoxy) is 1. The molecule has 3 rings (SSSR count). The first-order chi connectivity index (χ1) is 17.1. The van der Waals surface area contributed by atoms with Crippen LogP contribution < -0.4 is 10.2 Å². The number of carbonyl (C=O) groups is 3. The molecule has 2 amide bonds. The van der Waals surface area contributed by atoms with Crippen molar-refractivity contribution in [3.63, 3.8) is 0 Å². The third kappa shape index (κ3) is 6.55. The van der Waals surface area contributed by atoms with Gasteiger partial charge in [0, 0.05) is 37.8 Å². The molecule has 0 saturated carbocycles. The minimum Gasteiger partial charge on any atom is -0.459 e. The van der Waals surface area contributed by atoms with Gasteiger partial charge in [0.15, 0.2) is 5.13 Å². The third-order valence-corrected chi connectivity index (χ3v) is 6.45. The summed E-state index contributed by atoms with van der Waals surface area (Å²) in [5.74, 6) is -1.23. The van der Waals surface area contributed by atoms with Crippen molar-refractivity contribution in [1.29, 1.82) is 5.26 Å². The maximum absolute atomic E-state index is 13.0. The van der Waals surface area contributed by atoms with E-state index in [1.165, 1.54) is 4.90 Å². The van der Waals surface area contributed by atoms with Gasteiger partial charge in [-0.3, -0.25) is 19.2 Å². The number of nitriles is 1. The van der Waals surface area contributed by atoms with Crippen LogP contribution in [0.2, 0.25) is 0 Å². The Bertz CT molecular complexity index is 1310. The van der Waals surface area contributed by atoms with Crippen LogP contribution in [0.3, 0.4) is 0 Å². The van der Waals surface area contributed by atoms with E-state index in [0.29, 0.717) is 21.3 Å². The lowest BCUT2D eigenvalue weighted by Gasteiger charge is -2.19. The van der Waals surface area contributed by atoms with Gasteiger partial charge in [0.1, 0.15) is 4.88 Å². The zero-order valence-corrected chi connectivity index (χ0v) is 21.6. The molecule has 2 aromatic heterocycles. The molecule has 0 aliphatic carbocycles. The van der Waals surface area contributed by atoms with Crippen LogP contribution in [0, 0.1) is 18.3 Å². The summed E-state index contributed by atoms with van der Waals surface area (Å²) in [6.07, 6.45) is 3.12. The summed E-state index contributed by atoms with van der Waals surface area (Å²) in [6.45, 7) is 5.18. The summed E-state index contributed by atoms with van der Waals surface area (Å²) in [5, 5.41) is 16.5. The predicted octanol–water partition coefficient (Wildman–Crippen LogP) is 3.48.